The normalized spacial score (nSPS) is 20.5. The van der Waals surface area contributed by atoms with Crippen molar-refractivity contribution in [1.29, 1.82) is 0 Å². The zero-order valence-corrected chi connectivity index (χ0v) is 18.4. The van der Waals surface area contributed by atoms with Gasteiger partial charge in [0, 0.05) is 35.5 Å². The Balaban J connectivity index is 1.44. The van der Waals surface area contributed by atoms with Gasteiger partial charge in [0.15, 0.2) is 0 Å². The molecule has 31 heavy (non-hydrogen) atoms. The first-order valence-electron chi connectivity index (χ1n) is 10.6. The van der Waals surface area contributed by atoms with E-state index >= 15 is 0 Å². The topological polar surface area (TPSA) is 67.9 Å². The molecular formula is C24H27ClN2O4. The molecule has 1 N–H and O–H groups in total. The van der Waals surface area contributed by atoms with E-state index in [0.29, 0.717) is 50.4 Å². The second-order valence-corrected chi connectivity index (χ2v) is 8.71. The summed E-state index contributed by atoms with van der Waals surface area (Å²) in [5.74, 6) is 1.66. The van der Waals surface area contributed by atoms with Crippen LogP contribution >= 0.6 is 11.6 Å². The summed E-state index contributed by atoms with van der Waals surface area (Å²) in [5.41, 5.74) is 1.59. The van der Waals surface area contributed by atoms with E-state index in [0.717, 1.165) is 29.0 Å². The van der Waals surface area contributed by atoms with E-state index in [-0.39, 0.29) is 11.8 Å². The minimum absolute atomic E-state index is 0.0436. The second kappa shape index (κ2) is 9.18. The summed E-state index contributed by atoms with van der Waals surface area (Å²) < 4.78 is 11.1. The van der Waals surface area contributed by atoms with Crippen LogP contribution in [0.3, 0.4) is 0 Å². The molecule has 0 aliphatic carbocycles. The molecule has 2 aliphatic rings. The van der Waals surface area contributed by atoms with E-state index in [1.807, 2.05) is 41.3 Å². The third-order valence-electron chi connectivity index (χ3n) is 6.08. The molecule has 164 valence electrons. The molecule has 2 heterocycles. The van der Waals surface area contributed by atoms with Crippen molar-refractivity contribution < 1.29 is 19.1 Å². The molecule has 0 bridgehead atoms. The van der Waals surface area contributed by atoms with Gasteiger partial charge < -0.3 is 19.7 Å². The van der Waals surface area contributed by atoms with Crippen molar-refractivity contribution in [2.24, 2.45) is 0 Å². The molecule has 1 atom stereocenters. The Morgan fingerprint density at radius 2 is 2.16 bits per heavy atom. The SMILES string of the molecule is COc1cccc(C[C@]2(CCC(=O)N3CCOc4ccc(Cl)cc4C3)CCC(=O)N2)c1. The van der Waals surface area contributed by atoms with Crippen LogP contribution in [0.15, 0.2) is 42.5 Å². The van der Waals surface area contributed by atoms with E-state index < -0.39 is 5.54 Å². The number of carbonyl (C=O) groups is 2. The van der Waals surface area contributed by atoms with E-state index in [2.05, 4.69) is 5.32 Å². The van der Waals surface area contributed by atoms with Crippen LogP contribution in [-0.2, 0) is 22.6 Å². The van der Waals surface area contributed by atoms with Gasteiger partial charge in [-0.15, -0.1) is 0 Å². The third kappa shape index (κ3) is 5.13. The lowest BCUT2D eigenvalue weighted by Crippen LogP contribution is -2.45. The van der Waals surface area contributed by atoms with E-state index in [4.69, 9.17) is 21.1 Å². The van der Waals surface area contributed by atoms with Gasteiger partial charge in [-0.25, -0.2) is 0 Å². The molecule has 0 spiro atoms. The fourth-order valence-electron chi connectivity index (χ4n) is 4.44. The average Bonchev–Trinajstić information content (AvgIpc) is 2.99. The van der Waals surface area contributed by atoms with Crippen LogP contribution in [0.2, 0.25) is 5.02 Å². The molecule has 2 aliphatic heterocycles. The van der Waals surface area contributed by atoms with Crippen molar-refractivity contribution in [3.63, 3.8) is 0 Å². The molecule has 2 amide bonds. The van der Waals surface area contributed by atoms with Gasteiger partial charge in [0.2, 0.25) is 11.8 Å². The van der Waals surface area contributed by atoms with Crippen LogP contribution < -0.4 is 14.8 Å². The summed E-state index contributed by atoms with van der Waals surface area (Å²) in [4.78, 5) is 27.0. The monoisotopic (exact) mass is 442 g/mol. The van der Waals surface area contributed by atoms with Crippen LogP contribution in [0.1, 0.15) is 36.8 Å². The highest BCUT2D eigenvalue weighted by atomic mass is 35.5. The Morgan fingerprint density at radius 1 is 1.29 bits per heavy atom. The van der Waals surface area contributed by atoms with Gasteiger partial charge >= 0.3 is 0 Å². The molecule has 2 aromatic rings. The maximum atomic E-state index is 13.1. The second-order valence-electron chi connectivity index (χ2n) is 8.27. The number of hydrogen-bond donors (Lipinski definition) is 1. The summed E-state index contributed by atoms with van der Waals surface area (Å²) in [5, 5.41) is 3.78. The minimum atomic E-state index is -0.414. The predicted octanol–water partition coefficient (Wildman–Crippen LogP) is 3.74. The summed E-state index contributed by atoms with van der Waals surface area (Å²) in [6.07, 6.45) is 2.83. The van der Waals surface area contributed by atoms with Crippen molar-refractivity contribution in [3.05, 3.63) is 58.6 Å². The van der Waals surface area contributed by atoms with Crippen LogP contribution in [0, 0.1) is 0 Å². The lowest BCUT2D eigenvalue weighted by atomic mass is 9.84. The van der Waals surface area contributed by atoms with Gasteiger partial charge in [-0.1, -0.05) is 23.7 Å². The highest BCUT2D eigenvalue weighted by Crippen LogP contribution is 2.32. The first kappa shape index (κ1) is 21.5. The van der Waals surface area contributed by atoms with Crippen molar-refractivity contribution in [3.8, 4) is 11.5 Å². The van der Waals surface area contributed by atoms with E-state index in [1.165, 1.54) is 0 Å². The molecule has 2 aromatic carbocycles. The zero-order chi connectivity index (χ0) is 21.8. The zero-order valence-electron chi connectivity index (χ0n) is 17.7. The smallest absolute Gasteiger partial charge is 0.223 e. The first-order chi connectivity index (χ1) is 15.0. The van der Waals surface area contributed by atoms with Gasteiger partial charge in [0.1, 0.15) is 18.1 Å². The number of carbonyl (C=O) groups excluding carboxylic acids is 2. The Hall–Kier alpha value is -2.73. The highest BCUT2D eigenvalue weighted by Gasteiger charge is 2.38. The number of nitrogens with one attached hydrogen (secondary N) is 1. The lowest BCUT2D eigenvalue weighted by molar-refractivity contribution is -0.132. The molecule has 4 rings (SSSR count). The van der Waals surface area contributed by atoms with Crippen molar-refractivity contribution in [2.75, 3.05) is 20.3 Å². The summed E-state index contributed by atoms with van der Waals surface area (Å²) in [6.45, 7) is 1.45. The van der Waals surface area contributed by atoms with Gasteiger partial charge in [0.05, 0.1) is 13.7 Å². The van der Waals surface area contributed by atoms with Crippen molar-refractivity contribution >= 4 is 23.4 Å². The maximum Gasteiger partial charge on any atom is 0.223 e. The molecule has 0 aromatic heterocycles. The van der Waals surface area contributed by atoms with Crippen LogP contribution in [0.5, 0.6) is 11.5 Å². The maximum absolute atomic E-state index is 13.1. The number of methoxy groups -OCH3 is 1. The summed E-state index contributed by atoms with van der Waals surface area (Å²) in [6, 6.07) is 13.4. The van der Waals surface area contributed by atoms with Crippen LogP contribution in [0.25, 0.3) is 0 Å². The number of rotatable bonds is 6. The fourth-order valence-corrected chi connectivity index (χ4v) is 4.63. The average molecular weight is 443 g/mol. The van der Waals surface area contributed by atoms with Gasteiger partial charge in [-0.3, -0.25) is 9.59 Å². The quantitative estimate of drug-likeness (QED) is 0.740. The van der Waals surface area contributed by atoms with Crippen molar-refractivity contribution in [1.82, 2.24) is 10.2 Å². The van der Waals surface area contributed by atoms with Gasteiger partial charge in [-0.05, 0) is 55.2 Å². The molecule has 6 nitrogen and oxygen atoms in total. The molecule has 1 saturated heterocycles. The number of benzene rings is 2. The Morgan fingerprint density at radius 3 is 2.94 bits per heavy atom. The Labute approximate surface area is 187 Å². The van der Waals surface area contributed by atoms with E-state index in [1.54, 1.807) is 13.2 Å². The fraction of sp³-hybridized carbons (Fsp3) is 0.417. The molecule has 7 heteroatoms. The Kier molecular flexibility index (Phi) is 6.37. The minimum Gasteiger partial charge on any atom is -0.497 e. The number of halogens is 1. The lowest BCUT2D eigenvalue weighted by Gasteiger charge is -2.30. The van der Waals surface area contributed by atoms with Gasteiger partial charge in [0.25, 0.3) is 0 Å². The summed E-state index contributed by atoms with van der Waals surface area (Å²) in [7, 11) is 1.64. The number of amides is 2. The predicted molar refractivity (Wildman–Crippen MR) is 118 cm³/mol. The van der Waals surface area contributed by atoms with Crippen LogP contribution in [0.4, 0.5) is 0 Å². The molecule has 0 saturated carbocycles. The van der Waals surface area contributed by atoms with Gasteiger partial charge in [-0.2, -0.15) is 0 Å². The molecular weight excluding hydrogens is 416 g/mol. The van der Waals surface area contributed by atoms with Crippen LogP contribution in [-0.4, -0.2) is 42.5 Å². The largest absolute Gasteiger partial charge is 0.497 e. The number of nitrogens with zero attached hydrogens (tertiary/aromatic N) is 1. The van der Waals surface area contributed by atoms with Crippen molar-refractivity contribution in [2.45, 2.75) is 44.2 Å². The highest BCUT2D eigenvalue weighted by molar-refractivity contribution is 6.30. The molecule has 0 unspecified atom stereocenters. The first-order valence-corrected chi connectivity index (χ1v) is 11.0. The molecule has 1 fully saturated rings. The number of fused-ring (bicyclic) bond motifs is 1. The number of ether oxygens (including phenoxy) is 2. The Bertz CT molecular complexity index is 980. The third-order valence-corrected chi connectivity index (χ3v) is 6.32. The molecule has 0 radical (unpaired) electrons. The number of hydrogen-bond acceptors (Lipinski definition) is 4. The van der Waals surface area contributed by atoms with E-state index in [9.17, 15) is 9.59 Å². The standard InChI is InChI=1S/C24H27ClN2O4/c1-30-20-4-2-3-17(13-20)15-24(9-7-22(28)26-24)10-8-23(29)27-11-12-31-21-6-5-19(25)14-18(21)16-27/h2-6,13-14H,7-12,15-16H2,1H3,(H,26,28)/t24-/m1/s1. The summed E-state index contributed by atoms with van der Waals surface area (Å²) >= 11 is 6.13.